The number of hydrogen-bond acceptors (Lipinski definition) is 4. The minimum atomic E-state index is 0.326. The predicted molar refractivity (Wildman–Crippen MR) is 72.1 cm³/mol. The normalized spacial score (nSPS) is 22.1. The Bertz CT molecular complexity index is 178. The first-order valence-corrected chi connectivity index (χ1v) is 7.55. The monoisotopic (exact) mass is 246 g/mol. The van der Waals surface area contributed by atoms with Crippen molar-refractivity contribution in [2.45, 2.75) is 38.8 Å². The topological polar surface area (TPSA) is 35.5 Å². The van der Waals surface area contributed by atoms with Crippen LogP contribution in [0.15, 0.2) is 0 Å². The van der Waals surface area contributed by atoms with Crippen molar-refractivity contribution < 1.29 is 5.11 Å². The van der Waals surface area contributed by atoms with E-state index in [4.69, 9.17) is 5.11 Å². The summed E-state index contributed by atoms with van der Waals surface area (Å²) in [4.78, 5) is 2.54. The molecular weight excluding hydrogens is 220 g/mol. The summed E-state index contributed by atoms with van der Waals surface area (Å²) in [5.74, 6) is 2.25. The van der Waals surface area contributed by atoms with E-state index >= 15 is 0 Å². The van der Waals surface area contributed by atoms with Crippen LogP contribution in [0, 0.1) is 0 Å². The lowest BCUT2D eigenvalue weighted by Crippen LogP contribution is -2.36. The Labute approximate surface area is 104 Å². The zero-order chi connectivity index (χ0) is 11.8. The molecule has 1 aliphatic heterocycles. The molecule has 1 aliphatic rings. The molecule has 0 aromatic heterocycles. The van der Waals surface area contributed by atoms with Gasteiger partial charge in [-0.1, -0.05) is 0 Å². The molecule has 1 fully saturated rings. The van der Waals surface area contributed by atoms with Gasteiger partial charge in [0.25, 0.3) is 0 Å². The Morgan fingerprint density at radius 1 is 1.44 bits per heavy atom. The second-order valence-corrected chi connectivity index (χ2v) is 5.94. The lowest BCUT2D eigenvalue weighted by atomic mass is 10.3. The van der Waals surface area contributed by atoms with Crippen molar-refractivity contribution in [3.05, 3.63) is 0 Å². The summed E-state index contributed by atoms with van der Waals surface area (Å²) in [6.45, 7) is 8.42. The highest BCUT2D eigenvalue weighted by atomic mass is 32.2. The van der Waals surface area contributed by atoms with Crippen molar-refractivity contribution >= 4 is 11.8 Å². The third-order valence-electron chi connectivity index (χ3n) is 3.08. The van der Waals surface area contributed by atoms with Crippen molar-refractivity contribution in [3.63, 3.8) is 0 Å². The highest BCUT2D eigenvalue weighted by molar-refractivity contribution is 7.99. The summed E-state index contributed by atoms with van der Waals surface area (Å²) in [6.07, 6.45) is 2.22. The molecule has 0 bridgehead atoms. The molecule has 16 heavy (non-hydrogen) atoms. The van der Waals surface area contributed by atoms with Gasteiger partial charge in [-0.25, -0.2) is 0 Å². The maximum Gasteiger partial charge on any atom is 0.0438 e. The van der Waals surface area contributed by atoms with Crippen LogP contribution in [0.5, 0.6) is 0 Å². The molecule has 0 amide bonds. The van der Waals surface area contributed by atoms with E-state index in [2.05, 4.69) is 24.1 Å². The minimum absolute atomic E-state index is 0.326. The van der Waals surface area contributed by atoms with Gasteiger partial charge in [-0.15, -0.1) is 0 Å². The van der Waals surface area contributed by atoms with Gasteiger partial charge in [-0.2, -0.15) is 11.8 Å². The zero-order valence-corrected chi connectivity index (χ0v) is 11.4. The summed E-state index contributed by atoms with van der Waals surface area (Å²) in [5, 5.41) is 12.3. The van der Waals surface area contributed by atoms with Crippen LogP contribution < -0.4 is 5.32 Å². The second kappa shape index (κ2) is 8.34. The first-order valence-electron chi connectivity index (χ1n) is 6.40. The number of thioether (sulfide) groups is 1. The number of nitrogens with zero attached hydrogens (tertiary/aromatic N) is 1. The van der Waals surface area contributed by atoms with Gasteiger partial charge in [-0.3, -0.25) is 4.90 Å². The molecule has 96 valence electrons. The van der Waals surface area contributed by atoms with Crippen molar-refractivity contribution in [1.82, 2.24) is 10.2 Å². The maximum absolute atomic E-state index is 8.64. The smallest absolute Gasteiger partial charge is 0.0438 e. The van der Waals surface area contributed by atoms with Gasteiger partial charge in [0.1, 0.15) is 0 Å². The van der Waals surface area contributed by atoms with E-state index in [-0.39, 0.29) is 0 Å². The number of aliphatic hydroxyl groups excluding tert-OH is 1. The van der Waals surface area contributed by atoms with Gasteiger partial charge in [0.2, 0.25) is 0 Å². The Balaban J connectivity index is 1.94. The highest BCUT2D eigenvalue weighted by Gasteiger charge is 2.23. The second-order valence-electron chi connectivity index (χ2n) is 4.72. The molecule has 1 unspecified atom stereocenters. The number of rotatable bonds is 8. The summed E-state index contributed by atoms with van der Waals surface area (Å²) in [7, 11) is 0. The number of aliphatic hydroxyl groups is 1. The molecule has 4 heteroatoms. The third kappa shape index (κ3) is 5.53. The van der Waals surface area contributed by atoms with Crippen LogP contribution >= 0.6 is 11.8 Å². The van der Waals surface area contributed by atoms with Crippen LogP contribution in [0.3, 0.4) is 0 Å². The van der Waals surface area contributed by atoms with Crippen LogP contribution in [0.1, 0.15) is 26.7 Å². The van der Waals surface area contributed by atoms with Crippen LogP contribution in [0.2, 0.25) is 0 Å². The molecule has 0 radical (unpaired) electrons. The van der Waals surface area contributed by atoms with Gasteiger partial charge in [0.05, 0.1) is 0 Å². The summed E-state index contributed by atoms with van der Waals surface area (Å²) in [5.41, 5.74) is 0. The number of likely N-dealkylation sites (tertiary alicyclic amines) is 1. The fraction of sp³-hybridized carbons (Fsp3) is 1.00. The van der Waals surface area contributed by atoms with Crippen LogP contribution in [-0.4, -0.2) is 59.8 Å². The molecule has 0 aromatic carbocycles. The maximum atomic E-state index is 8.64. The molecule has 0 aromatic rings. The van der Waals surface area contributed by atoms with E-state index in [0.29, 0.717) is 18.7 Å². The van der Waals surface area contributed by atoms with E-state index < -0.39 is 0 Å². The van der Waals surface area contributed by atoms with Gasteiger partial charge >= 0.3 is 0 Å². The number of hydrogen-bond donors (Lipinski definition) is 2. The zero-order valence-electron chi connectivity index (χ0n) is 10.6. The molecule has 1 atom stereocenters. The molecule has 3 nitrogen and oxygen atoms in total. The lowest BCUT2D eigenvalue weighted by molar-refractivity contribution is 0.268. The summed E-state index contributed by atoms with van der Waals surface area (Å²) < 4.78 is 0. The largest absolute Gasteiger partial charge is 0.396 e. The van der Waals surface area contributed by atoms with E-state index in [1.807, 2.05) is 11.8 Å². The van der Waals surface area contributed by atoms with E-state index in [1.54, 1.807) is 0 Å². The first-order chi connectivity index (χ1) is 7.74. The van der Waals surface area contributed by atoms with Gasteiger partial charge in [0.15, 0.2) is 0 Å². The molecule has 0 aliphatic carbocycles. The average Bonchev–Trinajstić information content (AvgIpc) is 2.72. The lowest BCUT2D eigenvalue weighted by Gasteiger charge is -2.20. The average molecular weight is 246 g/mol. The van der Waals surface area contributed by atoms with Gasteiger partial charge < -0.3 is 10.4 Å². The molecular formula is C12H26N2OS. The van der Waals surface area contributed by atoms with E-state index in [1.165, 1.54) is 19.5 Å². The predicted octanol–water partition coefficient (Wildman–Crippen LogP) is 1.17. The first kappa shape index (κ1) is 14.3. The van der Waals surface area contributed by atoms with E-state index in [9.17, 15) is 0 Å². The molecule has 1 heterocycles. The van der Waals surface area contributed by atoms with Crippen molar-refractivity contribution in [2.24, 2.45) is 0 Å². The van der Waals surface area contributed by atoms with Gasteiger partial charge in [0, 0.05) is 37.5 Å². The SMILES string of the molecule is CC(C)N1CCC(NCCSCCCO)C1. The molecule has 1 rings (SSSR count). The van der Waals surface area contributed by atoms with E-state index in [0.717, 1.165) is 24.5 Å². The van der Waals surface area contributed by atoms with Crippen LogP contribution in [-0.2, 0) is 0 Å². The Hall–Kier alpha value is 0.230. The Morgan fingerprint density at radius 3 is 2.88 bits per heavy atom. The van der Waals surface area contributed by atoms with Crippen LogP contribution in [0.25, 0.3) is 0 Å². The van der Waals surface area contributed by atoms with Crippen molar-refractivity contribution in [2.75, 3.05) is 37.7 Å². The number of nitrogens with one attached hydrogen (secondary N) is 1. The molecule has 2 N–H and O–H groups in total. The molecule has 1 saturated heterocycles. The van der Waals surface area contributed by atoms with Crippen LogP contribution in [0.4, 0.5) is 0 Å². The highest BCUT2D eigenvalue weighted by Crippen LogP contribution is 2.12. The minimum Gasteiger partial charge on any atom is -0.396 e. The fourth-order valence-corrected chi connectivity index (χ4v) is 2.83. The fourth-order valence-electron chi connectivity index (χ4n) is 2.03. The Morgan fingerprint density at radius 2 is 2.25 bits per heavy atom. The Kier molecular flexibility index (Phi) is 7.45. The van der Waals surface area contributed by atoms with Crippen molar-refractivity contribution in [1.29, 1.82) is 0 Å². The summed E-state index contributed by atoms with van der Waals surface area (Å²) in [6, 6.07) is 1.38. The third-order valence-corrected chi connectivity index (χ3v) is 4.15. The van der Waals surface area contributed by atoms with Crippen molar-refractivity contribution in [3.8, 4) is 0 Å². The summed E-state index contributed by atoms with van der Waals surface area (Å²) >= 11 is 1.93. The quantitative estimate of drug-likeness (QED) is 0.630. The van der Waals surface area contributed by atoms with Gasteiger partial charge in [-0.05, 0) is 39.0 Å². The molecule has 0 spiro atoms. The standard InChI is InChI=1S/C12H26N2OS/c1-11(2)14-6-4-12(10-14)13-5-9-16-8-3-7-15/h11-13,15H,3-10H2,1-2H3. The molecule has 0 saturated carbocycles.